The highest BCUT2D eigenvalue weighted by molar-refractivity contribution is 7.71. The molecule has 0 amide bonds. The minimum absolute atomic E-state index is 0.717. The van der Waals surface area contributed by atoms with Gasteiger partial charge in [-0.25, -0.2) is 9.67 Å². The van der Waals surface area contributed by atoms with Gasteiger partial charge in [-0.05, 0) is 50.3 Å². The zero-order valence-electron chi connectivity index (χ0n) is 15.7. The molecule has 7 heteroatoms. The molecule has 27 heavy (non-hydrogen) atoms. The molecule has 0 spiro atoms. The number of rotatable bonds is 4. The van der Waals surface area contributed by atoms with Gasteiger partial charge in [-0.2, -0.15) is 5.10 Å². The monoisotopic (exact) mass is 380 g/mol. The van der Waals surface area contributed by atoms with Gasteiger partial charge in [0.1, 0.15) is 11.6 Å². The highest BCUT2D eigenvalue weighted by Crippen LogP contribution is 2.15. The van der Waals surface area contributed by atoms with E-state index in [4.69, 9.17) is 12.2 Å². The molecule has 1 aromatic carbocycles. The molecular weight excluding hydrogens is 356 g/mol. The molecule has 1 aliphatic heterocycles. The molecular formula is C20H24N6S. The quantitative estimate of drug-likeness (QED) is 0.650. The van der Waals surface area contributed by atoms with Gasteiger partial charge in [0.15, 0.2) is 0 Å². The van der Waals surface area contributed by atoms with Crippen LogP contribution in [0.25, 0.3) is 5.69 Å². The van der Waals surface area contributed by atoms with Gasteiger partial charge in [0.2, 0.25) is 4.77 Å². The van der Waals surface area contributed by atoms with E-state index in [2.05, 4.69) is 57.1 Å². The fourth-order valence-electron chi connectivity index (χ4n) is 3.45. The average molecular weight is 381 g/mol. The lowest BCUT2D eigenvalue weighted by atomic mass is 10.2. The van der Waals surface area contributed by atoms with Crippen molar-refractivity contribution in [2.45, 2.75) is 20.5 Å². The van der Waals surface area contributed by atoms with Crippen LogP contribution in [0.15, 0.2) is 48.7 Å². The largest absolute Gasteiger partial charge is 0.354 e. The summed E-state index contributed by atoms with van der Waals surface area (Å²) in [5.41, 5.74) is 2.30. The predicted octanol–water partition coefficient (Wildman–Crippen LogP) is 3.19. The zero-order chi connectivity index (χ0) is 18.8. The normalized spacial score (nSPS) is 15.3. The summed E-state index contributed by atoms with van der Waals surface area (Å²) in [5.74, 6) is 1.96. The first-order valence-corrected chi connectivity index (χ1v) is 9.64. The number of pyridine rings is 1. The lowest BCUT2D eigenvalue weighted by Gasteiger charge is -2.35. The van der Waals surface area contributed by atoms with Crippen LogP contribution in [0.2, 0.25) is 0 Å². The third-order valence-electron chi connectivity index (χ3n) is 4.97. The van der Waals surface area contributed by atoms with Gasteiger partial charge in [0.05, 0.1) is 6.67 Å². The van der Waals surface area contributed by atoms with Gasteiger partial charge in [0.25, 0.3) is 0 Å². The lowest BCUT2D eigenvalue weighted by molar-refractivity contribution is 0.194. The first kappa shape index (κ1) is 17.9. The summed E-state index contributed by atoms with van der Waals surface area (Å²) in [5, 5.41) is 4.69. The van der Waals surface area contributed by atoms with Gasteiger partial charge in [0, 0.05) is 38.1 Å². The second kappa shape index (κ2) is 7.62. The van der Waals surface area contributed by atoms with Crippen LogP contribution in [-0.4, -0.2) is 50.4 Å². The third-order valence-corrected chi connectivity index (χ3v) is 5.37. The molecule has 4 rings (SSSR count). The van der Waals surface area contributed by atoms with Crippen molar-refractivity contribution in [3.63, 3.8) is 0 Å². The van der Waals surface area contributed by atoms with E-state index in [9.17, 15) is 0 Å². The van der Waals surface area contributed by atoms with E-state index in [-0.39, 0.29) is 0 Å². The maximum atomic E-state index is 5.71. The maximum absolute atomic E-state index is 5.71. The fourth-order valence-corrected chi connectivity index (χ4v) is 3.78. The molecule has 0 atom stereocenters. The van der Waals surface area contributed by atoms with Crippen LogP contribution in [0.5, 0.6) is 0 Å². The number of hydrogen-bond acceptors (Lipinski definition) is 5. The zero-order valence-corrected chi connectivity index (χ0v) is 16.6. The fraction of sp³-hybridized carbons (Fsp3) is 0.350. The number of nitrogens with zero attached hydrogens (tertiary/aromatic N) is 6. The lowest BCUT2D eigenvalue weighted by Crippen LogP contribution is -2.47. The van der Waals surface area contributed by atoms with Crippen molar-refractivity contribution in [1.29, 1.82) is 0 Å². The van der Waals surface area contributed by atoms with Crippen molar-refractivity contribution in [2.24, 2.45) is 0 Å². The van der Waals surface area contributed by atoms with E-state index in [0.29, 0.717) is 6.67 Å². The van der Waals surface area contributed by atoms with Crippen LogP contribution in [0.4, 0.5) is 5.82 Å². The Morgan fingerprint density at radius 2 is 1.70 bits per heavy atom. The summed E-state index contributed by atoms with van der Waals surface area (Å²) < 4.78 is 4.71. The van der Waals surface area contributed by atoms with E-state index >= 15 is 0 Å². The van der Waals surface area contributed by atoms with Crippen LogP contribution < -0.4 is 4.90 Å². The number of hydrogen-bond donors (Lipinski definition) is 0. The van der Waals surface area contributed by atoms with Gasteiger partial charge in [-0.15, -0.1) is 0 Å². The Kier molecular flexibility index (Phi) is 5.05. The second-order valence-corrected chi connectivity index (χ2v) is 7.30. The van der Waals surface area contributed by atoms with E-state index in [1.807, 2.05) is 34.5 Å². The smallest absolute Gasteiger partial charge is 0.203 e. The Morgan fingerprint density at radius 1 is 0.963 bits per heavy atom. The van der Waals surface area contributed by atoms with Crippen LogP contribution >= 0.6 is 12.2 Å². The van der Waals surface area contributed by atoms with E-state index in [0.717, 1.165) is 48.3 Å². The van der Waals surface area contributed by atoms with E-state index in [1.165, 1.54) is 5.56 Å². The molecule has 0 N–H and O–H groups in total. The minimum atomic E-state index is 0.717. The highest BCUT2D eigenvalue weighted by Gasteiger charge is 2.19. The molecule has 0 bridgehead atoms. The van der Waals surface area contributed by atoms with Gasteiger partial charge >= 0.3 is 0 Å². The molecule has 2 aromatic heterocycles. The number of aromatic nitrogens is 4. The highest BCUT2D eigenvalue weighted by atomic mass is 32.1. The van der Waals surface area contributed by atoms with Crippen LogP contribution in [-0.2, 0) is 6.67 Å². The number of benzene rings is 1. The van der Waals surface area contributed by atoms with Gasteiger partial charge in [-0.1, -0.05) is 23.8 Å². The van der Waals surface area contributed by atoms with Crippen molar-refractivity contribution >= 4 is 18.0 Å². The summed E-state index contributed by atoms with van der Waals surface area (Å²) in [4.78, 5) is 9.17. The van der Waals surface area contributed by atoms with Crippen molar-refractivity contribution < 1.29 is 0 Å². The molecule has 140 valence electrons. The molecule has 3 heterocycles. The molecule has 0 saturated carbocycles. The maximum Gasteiger partial charge on any atom is 0.203 e. The number of piperazine rings is 1. The number of anilines is 1. The van der Waals surface area contributed by atoms with Crippen LogP contribution in [0, 0.1) is 18.6 Å². The average Bonchev–Trinajstić information content (AvgIpc) is 2.97. The standard InChI is InChI=1S/C20H24N6S/c1-16-6-8-18(9-7-16)26-17(2)22-25(20(26)27)15-23-11-13-24(14-12-23)19-5-3-4-10-21-19/h3-10H,11-15H2,1-2H3. The Bertz CT molecular complexity index is 952. The summed E-state index contributed by atoms with van der Waals surface area (Å²) in [7, 11) is 0. The Labute approximate surface area is 164 Å². The Balaban J connectivity index is 1.46. The molecule has 1 aliphatic rings. The topological polar surface area (TPSA) is 42.1 Å². The Morgan fingerprint density at radius 3 is 2.37 bits per heavy atom. The van der Waals surface area contributed by atoms with Crippen molar-refractivity contribution in [2.75, 3.05) is 31.1 Å². The second-order valence-electron chi connectivity index (χ2n) is 6.93. The molecule has 1 fully saturated rings. The summed E-state index contributed by atoms with van der Waals surface area (Å²) >= 11 is 5.71. The van der Waals surface area contributed by atoms with Crippen molar-refractivity contribution in [1.82, 2.24) is 24.2 Å². The van der Waals surface area contributed by atoms with E-state index in [1.54, 1.807) is 0 Å². The number of aryl methyl sites for hydroxylation is 2. The minimum Gasteiger partial charge on any atom is -0.354 e. The van der Waals surface area contributed by atoms with Crippen molar-refractivity contribution in [3.8, 4) is 5.69 Å². The first-order valence-electron chi connectivity index (χ1n) is 9.23. The molecule has 0 aliphatic carbocycles. The first-order chi connectivity index (χ1) is 13.1. The summed E-state index contributed by atoms with van der Waals surface area (Å²) in [6.07, 6.45) is 1.85. The van der Waals surface area contributed by atoms with Gasteiger partial charge < -0.3 is 4.90 Å². The van der Waals surface area contributed by atoms with Gasteiger partial charge in [-0.3, -0.25) is 9.47 Å². The Hall–Kier alpha value is -2.51. The molecule has 1 saturated heterocycles. The predicted molar refractivity (Wildman–Crippen MR) is 110 cm³/mol. The molecule has 0 radical (unpaired) electrons. The molecule has 3 aromatic rings. The van der Waals surface area contributed by atoms with Crippen molar-refractivity contribution in [3.05, 3.63) is 64.8 Å². The molecule has 6 nitrogen and oxygen atoms in total. The van der Waals surface area contributed by atoms with E-state index < -0.39 is 0 Å². The third kappa shape index (κ3) is 3.79. The summed E-state index contributed by atoms with van der Waals surface area (Å²) in [6.45, 7) is 8.66. The summed E-state index contributed by atoms with van der Waals surface area (Å²) in [6, 6.07) is 14.4. The SMILES string of the molecule is Cc1ccc(-n2c(C)nn(CN3CCN(c4ccccn4)CC3)c2=S)cc1. The van der Waals surface area contributed by atoms with Crippen LogP contribution in [0.3, 0.4) is 0 Å². The molecule has 0 unspecified atom stereocenters. The van der Waals surface area contributed by atoms with Crippen LogP contribution in [0.1, 0.15) is 11.4 Å².